The second-order valence-electron chi connectivity index (χ2n) is 10.1. The van der Waals surface area contributed by atoms with Crippen LogP contribution in [0.1, 0.15) is 42.4 Å². The number of benzene rings is 2. The van der Waals surface area contributed by atoms with Gasteiger partial charge in [0.25, 0.3) is 0 Å². The van der Waals surface area contributed by atoms with E-state index in [1.54, 1.807) is 7.11 Å². The van der Waals surface area contributed by atoms with Crippen molar-refractivity contribution in [2.75, 3.05) is 33.4 Å². The number of urea groups is 1. The Morgan fingerprint density at radius 3 is 2.62 bits per heavy atom. The minimum absolute atomic E-state index is 0.0917. The fourth-order valence-electron chi connectivity index (χ4n) is 4.74. The zero-order valence-corrected chi connectivity index (χ0v) is 22.0. The molecule has 0 spiro atoms. The van der Waals surface area contributed by atoms with Crippen LogP contribution >= 0.6 is 0 Å². The standard InChI is InChI=1S/C29H40N4O4/c1-21-9-10-23(15-27(21)37-14-6-13-36-2)20-33(26-11-12-26)28(34)24-16-25(19-30-18-24)32-29(35)31-17-22-7-4-3-5-8-22/h3-5,7-10,15,24-26,30H,6,11-14,16-20H2,1-2H3,(H2,31,32,35). The largest absolute Gasteiger partial charge is 0.493 e. The third-order valence-electron chi connectivity index (χ3n) is 6.96. The smallest absolute Gasteiger partial charge is 0.315 e. The number of nitrogens with zero attached hydrogens (tertiary/aromatic N) is 1. The summed E-state index contributed by atoms with van der Waals surface area (Å²) in [7, 11) is 1.69. The monoisotopic (exact) mass is 508 g/mol. The first-order chi connectivity index (χ1) is 18.0. The molecule has 2 atom stereocenters. The van der Waals surface area contributed by atoms with Crippen LogP contribution in [0.2, 0.25) is 0 Å². The maximum Gasteiger partial charge on any atom is 0.315 e. The Morgan fingerprint density at radius 2 is 1.86 bits per heavy atom. The van der Waals surface area contributed by atoms with Gasteiger partial charge >= 0.3 is 6.03 Å². The molecule has 200 valence electrons. The molecule has 8 heteroatoms. The predicted molar refractivity (Wildman–Crippen MR) is 143 cm³/mol. The lowest BCUT2D eigenvalue weighted by Crippen LogP contribution is -2.54. The molecule has 4 rings (SSSR count). The van der Waals surface area contributed by atoms with Crippen LogP contribution in [0, 0.1) is 12.8 Å². The molecule has 2 unspecified atom stereocenters. The highest BCUT2D eigenvalue weighted by molar-refractivity contribution is 5.80. The topological polar surface area (TPSA) is 91.9 Å². The molecular formula is C29H40N4O4. The molecule has 1 aliphatic carbocycles. The van der Waals surface area contributed by atoms with Gasteiger partial charge in [-0.25, -0.2) is 4.79 Å². The zero-order chi connectivity index (χ0) is 26.0. The molecule has 3 N–H and O–H groups in total. The number of rotatable bonds is 12. The number of nitrogens with one attached hydrogen (secondary N) is 3. The van der Waals surface area contributed by atoms with Gasteiger partial charge in [0, 0.05) is 58.4 Å². The summed E-state index contributed by atoms with van der Waals surface area (Å²) in [5.41, 5.74) is 3.21. The van der Waals surface area contributed by atoms with Crippen molar-refractivity contribution in [3.05, 3.63) is 65.2 Å². The van der Waals surface area contributed by atoms with Crippen molar-refractivity contribution in [1.29, 1.82) is 0 Å². The second-order valence-corrected chi connectivity index (χ2v) is 10.1. The van der Waals surface area contributed by atoms with Crippen LogP contribution < -0.4 is 20.7 Å². The van der Waals surface area contributed by atoms with E-state index in [0.717, 1.165) is 41.7 Å². The Bertz CT molecular complexity index is 1030. The molecule has 0 aromatic heterocycles. The molecule has 37 heavy (non-hydrogen) atoms. The highest BCUT2D eigenvalue weighted by Gasteiger charge is 2.38. The van der Waals surface area contributed by atoms with Crippen molar-refractivity contribution in [2.45, 2.75) is 57.8 Å². The van der Waals surface area contributed by atoms with E-state index in [9.17, 15) is 9.59 Å². The van der Waals surface area contributed by atoms with Crippen LogP contribution in [0.25, 0.3) is 0 Å². The van der Waals surface area contributed by atoms with E-state index in [2.05, 4.69) is 34.1 Å². The lowest BCUT2D eigenvalue weighted by Gasteiger charge is -2.34. The van der Waals surface area contributed by atoms with Crippen LogP contribution in [-0.2, 0) is 22.6 Å². The molecule has 8 nitrogen and oxygen atoms in total. The maximum absolute atomic E-state index is 13.6. The van der Waals surface area contributed by atoms with Gasteiger partial charge in [0.15, 0.2) is 0 Å². The Labute approximate surface area is 220 Å². The van der Waals surface area contributed by atoms with Crippen molar-refractivity contribution in [3.63, 3.8) is 0 Å². The molecule has 1 aliphatic heterocycles. The summed E-state index contributed by atoms with van der Waals surface area (Å²) >= 11 is 0. The molecule has 1 heterocycles. The molecule has 2 fully saturated rings. The zero-order valence-electron chi connectivity index (χ0n) is 22.0. The summed E-state index contributed by atoms with van der Waals surface area (Å²) in [4.78, 5) is 28.1. The van der Waals surface area contributed by atoms with Gasteiger partial charge in [-0.15, -0.1) is 0 Å². The fraction of sp³-hybridized carbons (Fsp3) is 0.517. The number of carbonyl (C=O) groups is 2. The molecule has 2 aromatic carbocycles. The second kappa shape index (κ2) is 13.4. The molecule has 1 saturated heterocycles. The summed E-state index contributed by atoms with van der Waals surface area (Å²) < 4.78 is 11.1. The first-order valence-electron chi connectivity index (χ1n) is 13.3. The number of amides is 3. The molecule has 0 bridgehead atoms. The number of hydrogen-bond donors (Lipinski definition) is 3. The third kappa shape index (κ3) is 8.20. The number of methoxy groups -OCH3 is 1. The summed E-state index contributed by atoms with van der Waals surface area (Å²) in [5, 5.41) is 9.31. The molecular weight excluding hydrogens is 468 g/mol. The SMILES string of the molecule is COCCCOc1cc(CN(C(=O)C2CNCC(NC(=O)NCc3ccccc3)C2)C2CC2)ccc1C. The Balaban J connectivity index is 1.31. The molecule has 2 aromatic rings. The first kappa shape index (κ1) is 26.9. The van der Waals surface area contributed by atoms with Crippen LogP contribution in [0.5, 0.6) is 5.75 Å². The number of aryl methyl sites for hydroxylation is 1. The normalized spacial score (nSPS) is 19.2. The van der Waals surface area contributed by atoms with Crippen molar-refractivity contribution < 1.29 is 19.1 Å². The van der Waals surface area contributed by atoms with Gasteiger partial charge in [0.1, 0.15) is 5.75 Å². The third-order valence-corrected chi connectivity index (χ3v) is 6.96. The van der Waals surface area contributed by atoms with Crippen molar-refractivity contribution in [3.8, 4) is 5.75 Å². The first-order valence-corrected chi connectivity index (χ1v) is 13.3. The van der Waals surface area contributed by atoms with Crippen LogP contribution in [0.4, 0.5) is 4.79 Å². The predicted octanol–water partition coefficient (Wildman–Crippen LogP) is 3.38. The van der Waals surface area contributed by atoms with Gasteiger partial charge in [0.05, 0.1) is 12.5 Å². The molecule has 0 radical (unpaired) electrons. The molecule has 3 amide bonds. The lowest BCUT2D eigenvalue weighted by molar-refractivity contribution is -0.137. The number of hydrogen-bond acceptors (Lipinski definition) is 5. The number of carbonyl (C=O) groups excluding carboxylic acids is 2. The summed E-state index contributed by atoms with van der Waals surface area (Å²) in [6.07, 6.45) is 3.56. The van der Waals surface area contributed by atoms with Gasteiger partial charge in [-0.1, -0.05) is 42.5 Å². The van der Waals surface area contributed by atoms with Gasteiger partial charge < -0.3 is 30.3 Å². The van der Waals surface area contributed by atoms with E-state index >= 15 is 0 Å². The minimum atomic E-state index is -0.208. The van der Waals surface area contributed by atoms with Gasteiger partial charge in [-0.2, -0.15) is 0 Å². The quantitative estimate of drug-likeness (QED) is 0.383. The average Bonchev–Trinajstić information content (AvgIpc) is 3.76. The van der Waals surface area contributed by atoms with Crippen LogP contribution in [0.15, 0.2) is 48.5 Å². The summed E-state index contributed by atoms with van der Waals surface area (Å²) in [6.45, 7) is 5.65. The van der Waals surface area contributed by atoms with Gasteiger partial charge in [-0.05, 0) is 48.9 Å². The Morgan fingerprint density at radius 1 is 1.05 bits per heavy atom. The number of ether oxygens (including phenoxy) is 2. The van der Waals surface area contributed by atoms with Gasteiger partial charge in [0.2, 0.25) is 5.91 Å². The van der Waals surface area contributed by atoms with E-state index in [4.69, 9.17) is 9.47 Å². The van der Waals surface area contributed by atoms with E-state index in [1.807, 2.05) is 42.2 Å². The van der Waals surface area contributed by atoms with E-state index in [1.165, 1.54) is 0 Å². The Kier molecular flexibility index (Phi) is 9.79. The maximum atomic E-state index is 13.6. The van der Waals surface area contributed by atoms with Crippen molar-refractivity contribution in [2.24, 2.45) is 5.92 Å². The highest BCUT2D eigenvalue weighted by Crippen LogP contribution is 2.32. The molecule has 1 saturated carbocycles. The summed E-state index contributed by atoms with van der Waals surface area (Å²) in [5.74, 6) is 0.861. The van der Waals surface area contributed by atoms with Crippen LogP contribution in [-0.4, -0.2) is 62.3 Å². The lowest BCUT2D eigenvalue weighted by atomic mass is 9.94. The number of piperidine rings is 1. The van der Waals surface area contributed by atoms with E-state index in [-0.39, 0.29) is 23.9 Å². The van der Waals surface area contributed by atoms with Crippen molar-refractivity contribution >= 4 is 11.9 Å². The average molecular weight is 509 g/mol. The van der Waals surface area contributed by atoms with Gasteiger partial charge in [-0.3, -0.25) is 4.79 Å². The van der Waals surface area contributed by atoms with Crippen molar-refractivity contribution in [1.82, 2.24) is 20.9 Å². The van der Waals surface area contributed by atoms with Crippen LogP contribution in [0.3, 0.4) is 0 Å². The van der Waals surface area contributed by atoms with E-state index < -0.39 is 0 Å². The summed E-state index contributed by atoms with van der Waals surface area (Å²) in [6, 6.07) is 16.0. The highest BCUT2D eigenvalue weighted by atomic mass is 16.5. The minimum Gasteiger partial charge on any atom is -0.493 e. The fourth-order valence-corrected chi connectivity index (χ4v) is 4.74. The Hall–Kier alpha value is -3.10. The van der Waals surface area contributed by atoms with E-state index in [0.29, 0.717) is 51.9 Å². The molecule has 2 aliphatic rings.